The fraction of sp³-hybridized carbons (Fsp3) is 0.429. The molecule has 1 fully saturated rings. The zero-order chi connectivity index (χ0) is 13.7. The van der Waals surface area contributed by atoms with E-state index in [0.717, 1.165) is 17.1 Å². The van der Waals surface area contributed by atoms with Crippen LogP contribution in [0.2, 0.25) is 0 Å². The molecule has 19 heavy (non-hydrogen) atoms. The van der Waals surface area contributed by atoms with E-state index in [4.69, 9.17) is 0 Å². The van der Waals surface area contributed by atoms with Crippen molar-refractivity contribution >= 4 is 23.6 Å². The monoisotopic (exact) mass is 279 g/mol. The largest absolute Gasteiger partial charge is 0.480 e. The molecule has 0 aromatic heterocycles. The fourth-order valence-electron chi connectivity index (χ4n) is 2.20. The van der Waals surface area contributed by atoms with E-state index in [1.807, 2.05) is 30.3 Å². The number of thioether (sulfide) groups is 1. The second-order valence-electron chi connectivity index (χ2n) is 4.71. The molecule has 1 heterocycles. The van der Waals surface area contributed by atoms with Crippen LogP contribution in [0.1, 0.15) is 18.4 Å². The Kier molecular flexibility index (Phi) is 4.47. The Hall–Kier alpha value is -1.49. The molecule has 1 aliphatic heterocycles. The van der Waals surface area contributed by atoms with Crippen molar-refractivity contribution in [1.82, 2.24) is 5.32 Å². The van der Waals surface area contributed by atoms with Crippen LogP contribution < -0.4 is 5.32 Å². The van der Waals surface area contributed by atoms with Crippen molar-refractivity contribution in [3.05, 3.63) is 35.9 Å². The topological polar surface area (TPSA) is 66.4 Å². The second kappa shape index (κ2) is 6.10. The molecule has 1 aliphatic rings. The van der Waals surface area contributed by atoms with Gasteiger partial charge in [-0.3, -0.25) is 4.79 Å². The van der Waals surface area contributed by atoms with Crippen molar-refractivity contribution in [3.63, 3.8) is 0 Å². The van der Waals surface area contributed by atoms with Crippen LogP contribution in [0.25, 0.3) is 0 Å². The summed E-state index contributed by atoms with van der Waals surface area (Å²) in [5.41, 5.74) is -0.178. The van der Waals surface area contributed by atoms with Gasteiger partial charge in [0.25, 0.3) is 0 Å². The molecule has 1 amide bonds. The van der Waals surface area contributed by atoms with E-state index in [9.17, 15) is 14.7 Å². The first-order valence-corrected chi connectivity index (χ1v) is 7.44. The maximum absolute atomic E-state index is 12.0. The fourth-order valence-corrected chi connectivity index (χ4v) is 3.39. The van der Waals surface area contributed by atoms with E-state index in [2.05, 4.69) is 5.32 Å². The molecule has 1 aromatic carbocycles. The van der Waals surface area contributed by atoms with Gasteiger partial charge >= 0.3 is 5.97 Å². The Labute approximate surface area is 116 Å². The van der Waals surface area contributed by atoms with Gasteiger partial charge in [-0.15, -0.1) is 0 Å². The molecule has 2 N–H and O–H groups in total. The molecular formula is C14H17NO3S. The summed E-state index contributed by atoms with van der Waals surface area (Å²) in [6.07, 6.45) is 1.21. The zero-order valence-corrected chi connectivity index (χ0v) is 11.4. The first kappa shape index (κ1) is 13.9. The Morgan fingerprint density at radius 1 is 1.21 bits per heavy atom. The quantitative estimate of drug-likeness (QED) is 0.880. The summed E-state index contributed by atoms with van der Waals surface area (Å²) in [5, 5.41) is 12.1. The van der Waals surface area contributed by atoms with Crippen LogP contribution in [0, 0.1) is 0 Å². The number of amides is 1. The molecule has 1 aromatic rings. The SMILES string of the molecule is O=C(Cc1ccccc1)NC1(C(=O)O)CCSCC1. The van der Waals surface area contributed by atoms with E-state index in [0.29, 0.717) is 12.8 Å². The standard InChI is InChI=1S/C14H17NO3S/c16-12(10-11-4-2-1-3-5-11)15-14(13(17)18)6-8-19-9-7-14/h1-5H,6-10H2,(H,15,16)(H,17,18). The number of aliphatic carboxylic acids is 1. The van der Waals surface area contributed by atoms with Gasteiger partial charge in [0, 0.05) is 0 Å². The van der Waals surface area contributed by atoms with Crippen LogP contribution in [0.15, 0.2) is 30.3 Å². The van der Waals surface area contributed by atoms with Crippen LogP contribution in [-0.2, 0) is 16.0 Å². The molecule has 0 spiro atoms. The summed E-state index contributed by atoms with van der Waals surface area (Å²) in [4.78, 5) is 23.4. The number of carbonyl (C=O) groups excluding carboxylic acids is 1. The minimum atomic E-state index is -1.07. The van der Waals surface area contributed by atoms with Gasteiger partial charge in [-0.1, -0.05) is 30.3 Å². The summed E-state index contributed by atoms with van der Waals surface area (Å²) < 4.78 is 0. The number of nitrogens with one attached hydrogen (secondary N) is 1. The van der Waals surface area contributed by atoms with E-state index in [1.165, 1.54) is 0 Å². The maximum Gasteiger partial charge on any atom is 0.329 e. The highest BCUT2D eigenvalue weighted by Gasteiger charge is 2.41. The number of hydrogen-bond acceptors (Lipinski definition) is 3. The molecule has 0 saturated carbocycles. The van der Waals surface area contributed by atoms with Gasteiger partial charge in [-0.2, -0.15) is 11.8 Å². The van der Waals surface area contributed by atoms with Gasteiger partial charge in [0.15, 0.2) is 0 Å². The van der Waals surface area contributed by atoms with Gasteiger partial charge in [-0.25, -0.2) is 4.79 Å². The number of carboxylic acid groups (broad SMARTS) is 1. The van der Waals surface area contributed by atoms with Crippen LogP contribution in [0.5, 0.6) is 0 Å². The van der Waals surface area contributed by atoms with Gasteiger partial charge in [-0.05, 0) is 29.9 Å². The van der Waals surface area contributed by atoms with Crippen LogP contribution >= 0.6 is 11.8 Å². The highest BCUT2D eigenvalue weighted by Crippen LogP contribution is 2.27. The highest BCUT2D eigenvalue weighted by atomic mass is 32.2. The summed E-state index contributed by atoms with van der Waals surface area (Å²) >= 11 is 1.73. The molecule has 5 heteroatoms. The minimum absolute atomic E-state index is 0.222. The van der Waals surface area contributed by atoms with Crippen LogP contribution in [0.3, 0.4) is 0 Å². The number of benzene rings is 1. The first-order chi connectivity index (χ1) is 9.12. The number of carbonyl (C=O) groups is 2. The lowest BCUT2D eigenvalue weighted by Gasteiger charge is -2.33. The summed E-state index contributed by atoms with van der Waals surface area (Å²) in [6.45, 7) is 0. The highest BCUT2D eigenvalue weighted by molar-refractivity contribution is 7.99. The summed E-state index contributed by atoms with van der Waals surface area (Å²) in [7, 11) is 0. The molecular weight excluding hydrogens is 262 g/mol. The Morgan fingerprint density at radius 2 is 1.84 bits per heavy atom. The molecule has 4 nitrogen and oxygen atoms in total. The van der Waals surface area contributed by atoms with Crippen molar-refractivity contribution in [2.75, 3.05) is 11.5 Å². The molecule has 102 valence electrons. The predicted molar refractivity (Wildman–Crippen MR) is 75.2 cm³/mol. The van der Waals surface area contributed by atoms with Crippen molar-refractivity contribution in [2.24, 2.45) is 0 Å². The van der Waals surface area contributed by atoms with Gasteiger partial charge in [0.05, 0.1) is 6.42 Å². The van der Waals surface area contributed by atoms with E-state index in [-0.39, 0.29) is 12.3 Å². The van der Waals surface area contributed by atoms with Crippen molar-refractivity contribution in [1.29, 1.82) is 0 Å². The van der Waals surface area contributed by atoms with Crippen LogP contribution in [-0.4, -0.2) is 34.0 Å². The van der Waals surface area contributed by atoms with E-state index < -0.39 is 11.5 Å². The van der Waals surface area contributed by atoms with Gasteiger partial charge in [0.2, 0.25) is 5.91 Å². The predicted octanol–water partition coefficient (Wildman–Crippen LogP) is 1.70. The first-order valence-electron chi connectivity index (χ1n) is 6.28. The molecule has 0 radical (unpaired) electrons. The molecule has 1 saturated heterocycles. The maximum atomic E-state index is 12.0. The Balaban J connectivity index is 2.01. The third-order valence-electron chi connectivity index (χ3n) is 3.34. The number of rotatable bonds is 4. The van der Waals surface area contributed by atoms with Crippen LogP contribution in [0.4, 0.5) is 0 Å². The lowest BCUT2D eigenvalue weighted by molar-refractivity contribution is -0.148. The average Bonchev–Trinajstić information content (AvgIpc) is 2.40. The zero-order valence-electron chi connectivity index (χ0n) is 10.6. The Morgan fingerprint density at radius 3 is 2.42 bits per heavy atom. The third-order valence-corrected chi connectivity index (χ3v) is 4.33. The number of carboxylic acids is 1. The van der Waals surface area contributed by atoms with Gasteiger partial charge < -0.3 is 10.4 Å². The van der Waals surface area contributed by atoms with E-state index in [1.54, 1.807) is 11.8 Å². The number of hydrogen-bond donors (Lipinski definition) is 2. The molecule has 2 rings (SSSR count). The smallest absolute Gasteiger partial charge is 0.329 e. The molecule has 0 atom stereocenters. The summed E-state index contributed by atoms with van der Waals surface area (Å²) in [5.74, 6) is 0.408. The Bertz CT molecular complexity index is 455. The second-order valence-corrected chi connectivity index (χ2v) is 5.93. The van der Waals surface area contributed by atoms with Crippen molar-refractivity contribution < 1.29 is 14.7 Å². The lowest BCUT2D eigenvalue weighted by Crippen LogP contribution is -2.56. The van der Waals surface area contributed by atoms with Crippen molar-refractivity contribution in [3.8, 4) is 0 Å². The lowest BCUT2D eigenvalue weighted by atomic mass is 9.92. The summed E-state index contributed by atoms with van der Waals surface area (Å²) in [6, 6.07) is 9.35. The van der Waals surface area contributed by atoms with Crippen molar-refractivity contribution in [2.45, 2.75) is 24.8 Å². The normalized spacial score (nSPS) is 17.7. The van der Waals surface area contributed by atoms with E-state index >= 15 is 0 Å². The third kappa shape index (κ3) is 3.50. The molecule has 0 aliphatic carbocycles. The average molecular weight is 279 g/mol. The molecule has 0 unspecified atom stereocenters. The van der Waals surface area contributed by atoms with Gasteiger partial charge in [0.1, 0.15) is 5.54 Å². The minimum Gasteiger partial charge on any atom is -0.480 e. The molecule has 0 bridgehead atoms.